The molecular weight excluding hydrogens is 383 g/mol. The van der Waals surface area contributed by atoms with Crippen molar-refractivity contribution in [1.82, 2.24) is 5.32 Å². The van der Waals surface area contributed by atoms with Crippen molar-refractivity contribution in [2.24, 2.45) is 11.8 Å². The molecule has 2 aliphatic rings. The van der Waals surface area contributed by atoms with E-state index in [1.165, 1.54) is 0 Å². The molecule has 140 valence electrons. The van der Waals surface area contributed by atoms with Crippen LogP contribution in [0.25, 0.3) is 0 Å². The fourth-order valence-corrected chi connectivity index (χ4v) is 5.06. The molecule has 4 rings (SSSR count). The van der Waals surface area contributed by atoms with Crippen LogP contribution in [0.5, 0.6) is 0 Å². The minimum atomic E-state index is -0.910. The average Bonchev–Trinajstić information content (AvgIpc) is 2.88. The van der Waals surface area contributed by atoms with E-state index in [0.717, 1.165) is 11.1 Å². The first kappa shape index (κ1) is 18.3. The van der Waals surface area contributed by atoms with Crippen molar-refractivity contribution in [2.45, 2.75) is 31.7 Å². The van der Waals surface area contributed by atoms with Gasteiger partial charge >= 0.3 is 0 Å². The van der Waals surface area contributed by atoms with Gasteiger partial charge < -0.3 is 10.6 Å². The van der Waals surface area contributed by atoms with Crippen molar-refractivity contribution < 1.29 is 9.59 Å². The number of hydrogen-bond acceptors (Lipinski definition) is 2. The average molecular weight is 403 g/mol. The van der Waals surface area contributed by atoms with Crippen LogP contribution in [0.4, 0.5) is 5.69 Å². The number of rotatable bonds is 2. The summed E-state index contributed by atoms with van der Waals surface area (Å²) in [4.78, 5) is 26.0. The molecule has 2 N–H and O–H groups in total. The van der Waals surface area contributed by atoms with Crippen molar-refractivity contribution >= 4 is 40.7 Å². The van der Waals surface area contributed by atoms with Crippen LogP contribution in [0.3, 0.4) is 0 Å². The molecule has 27 heavy (non-hydrogen) atoms. The molecule has 0 radical (unpaired) electrons. The van der Waals surface area contributed by atoms with Crippen molar-refractivity contribution in [3.63, 3.8) is 0 Å². The summed E-state index contributed by atoms with van der Waals surface area (Å²) < 4.78 is 0. The Morgan fingerprint density at radius 3 is 2.52 bits per heavy atom. The number of halogens is 2. The molecule has 2 amide bonds. The van der Waals surface area contributed by atoms with Crippen LogP contribution < -0.4 is 10.6 Å². The van der Waals surface area contributed by atoms with Crippen LogP contribution in [0.1, 0.15) is 37.4 Å². The van der Waals surface area contributed by atoms with Crippen molar-refractivity contribution in [2.75, 3.05) is 5.32 Å². The second-order valence-electron chi connectivity index (χ2n) is 7.62. The summed E-state index contributed by atoms with van der Waals surface area (Å²) in [5.41, 5.74) is 1.49. The molecule has 2 aromatic carbocycles. The van der Waals surface area contributed by atoms with E-state index in [4.69, 9.17) is 23.2 Å². The molecule has 3 atom stereocenters. The summed E-state index contributed by atoms with van der Waals surface area (Å²) in [6.07, 6.45) is 0.296. The highest BCUT2D eigenvalue weighted by Gasteiger charge is 2.61. The third-order valence-corrected chi connectivity index (χ3v) is 6.26. The summed E-state index contributed by atoms with van der Waals surface area (Å²) in [7, 11) is 0. The molecule has 6 heteroatoms. The first-order valence-electron chi connectivity index (χ1n) is 9.00. The summed E-state index contributed by atoms with van der Waals surface area (Å²) in [5.74, 6) is -0.189. The summed E-state index contributed by atoms with van der Waals surface area (Å²) in [5, 5.41) is 7.21. The maximum Gasteiger partial charge on any atom is 0.237 e. The lowest BCUT2D eigenvalue weighted by Crippen LogP contribution is -2.59. The minimum Gasteiger partial charge on any atom is -0.348 e. The maximum absolute atomic E-state index is 13.5. The molecule has 2 aromatic rings. The van der Waals surface area contributed by atoms with Crippen LogP contribution in [0.15, 0.2) is 42.5 Å². The van der Waals surface area contributed by atoms with E-state index in [1.54, 1.807) is 18.2 Å². The van der Waals surface area contributed by atoms with Gasteiger partial charge in [0.1, 0.15) is 5.41 Å². The summed E-state index contributed by atoms with van der Waals surface area (Å²) in [6.45, 7) is 4.11. The molecule has 4 nitrogen and oxygen atoms in total. The Bertz CT molecular complexity index is 944. The number of carbonyl (C=O) groups is 2. The standard InChI is InChI=1S/C21H20Cl2N2O2/c1-11(2)16-10-18(26)25-19(12-4-3-5-13(22)8-12)21(16)15-7-6-14(23)9-17(15)24-20(21)27/h3-9,11,16,19H,10H2,1-2H3,(H,24,27)(H,25,26)/t16-,19+,21-/m1/s1. The SMILES string of the molecule is CC(C)[C@H]1CC(=O)N[C@@H](c2cccc(Cl)c2)[C@]12C(=O)Nc1cc(Cl)ccc12. The van der Waals surface area contributed by atoms with Crippen molar-refractivity contribution in [3.05, 3.63) is 63.6 Å². The van der Waals surface area contributed by atoms with Gasteiger partial charge in [-0.05, 0) is 47.2 Å². The molecule has 2 heterocycles. The highest BCUT2D eigenvalue weighted by Crippen LogP contribution is 2.56. The summed E-state index contributed by atoms with van der Waals surface area (Å²) >= 11 is 12.4. The van der Waals surface area contributed by atoms with Gasteiger partial charge in [0.2, 0.25) is 11.8 Å². The molecule has 0 unspecified atom stereocenters. The number of nitrogens with one attached hydrogen (secondary N) is 2. The Balaban J connectivity index is 2.00. The smallest absolute Gasteiger partial charge is 0.237 e. The maximum atomic E-state index is 13.5. The number of carbonyl (C=O) groups excluding carboxylic acids is 2. The van der Waals surface area contributed by atoms with E-state index in [9.17, 15) is 9.59 Å². The molecule has 0 aliphatic carbocycles. The molecule has 0 saturated carbocycles. The Hall–Kier alpha value is -2.04. The molecule has 0 aromatic heterocycles. The Morgan fingerprint density at radius 1 is 1.07 bits per heavy atom. The number of hydrogen-bond donors (Lipinski definition) is 2. The molecule has 1 spiro atoms. The normalized spacial score (nSPS) is 26.9. The lowest BCUT2D eigenvalue weighted by Gasteiger charge is -2.47. The predicted molar refractivity (Wildman–Crippen MR) is 107 cm³/mol. The van der Waals surface area contributed by atoms with Crippen molar-refractivity contribution in [3.8, 4) is 0 Å². The van der Waals surface area contributed by atoms with E-state index in [1.807, 2.05) is 24.3 Å². The lowest BCUT2D eigenvalue weighted by atomic mass is 9.58. The molecule has 1 fully saturated rings. The highest BCUT2D eigenvalue weighted by atomic mass is 35.5. The number of benzene rings is 2. The molecule has 2 aliphatic heterocycles. The topological polar surface area (TPSA) is 58.2 Å². The Morgan fingerprint density at radius 2 is 1.81 bits per heavy atom. The molecule has 0 bridgehead atoms. The first-order valence-corrected chi connectivity index (χ1v) is 9.76. The first-order chi connectivity index (χ1) is 12.8. The van der Waals surface area contributed by atoms with Gasteiger partial charge in [-0.15, -0.1) is 0 Å². The van der Waals surface area contributed by atoms with Gasteiger partial charge in [0.05, 0.1) is 6.04 Å². The zero-order valence-corrected chi connectivity index (χ0v) is 16.6. The van der Waals surface area contributed by atoms with Crippen LogP contribution >= 0.6 is 23.2 Å². The lowest BCUT2D eigenvalue weighted by molar-refractivity contribution is -0.135. The number of anilines is 1. The third kappa shape index (κ3) is 2.74. The van der Waals surface area contributed by atoms with E-state index >= 15 is 0 Å². The van der Waals surface area contributed by atoms with Gasteiger partial charge in [0.25, 0.3) is 0 Å². The van der Waals surface area contributed by atoms with Crippen LogP contribution in [0, 0.1) is 11.8 Å². The van der Waals surface area contributed by atoms with Gasteiger partial charge in [0, 0.05) is 22.2 Å². The van der Waals surface area contributed by atoms with Gasteiger partial charge in [-0.3, -0.25) is 9.59 Å². The Kier molecular flexibility index (Phi) is 4.44. The van der Waals surface area contributed by atoms with Gasteiger partial charge in [0.15, 0.2) is 0 Å². The fourth-order valence-electron chi connectivity index (χ4n) is 4.69. The predicted octanol–water partition coefficient (Wildman–Crippen LogP) is 4.72. The number of piperidine rings is 1. The monoisotopic (exact) mass is 402 g/mol. The zero-order chi connectivity index (χ0) is 19.3. The number of amides is 2. The van der Waals surface area contributed by atoms with E-state index in [-0.39, 0.29) is 23.7 Å². The van der Waals surface area contributed by atoms with E-state index < -0.39 is 11.5 Å². The zero-order valence-electron chi connectivity index (χ0n) is 15.1. The van der Waals surface area contributed by atoms with Crippen LogP contribution in [0.2, 0.25) is 10.0 Å². The molecular formula is C21H20Cl2N2O2. The summed E-state index contributed by atoms with van der Waals surface area (Å²) in [6, 6.07) is 12.3. The third-order valence-electron chi connectivity index (χ3n) is 5.79. The van der Waals surface area contributed by atoms with Crippen LogP contribution in [-0.4, -0.2) is 11.8 Å². The van der Waals surface area contributed by atoms with E-state index in [2.05, 4.69) is 24.5 Å². The van der Waals surface area contributed by atoms with E-state index in [0.29, 0.717) is 22.2 Å². The fraction of sp³-hybridized carbons (Fsp3) is 0.333. The second-order valence-corrected chi connectivity index (χ2v) is 8.50. The highest BCUT2D eigenvalue weighted by molar-refractivity contribution is 6.31. The van der Waals surface area contributed by atoms with Gasteiger partial charge in [-0.25, -0.2) is 0 Å². The van der Waals surface area contributed by atoms with Gasteiger partial charge in [-0.2, -0.15) is 0 Å². The van der Waals surface area contributed by atoms with Crippen LogP contribution in [-0.2, 0) is 15.0 Å². The second kappa shape index (κ2) is 6.54. The van der Waals surface area contributed by atoms with Gasteiger partial charge in [-0.1, -0.05) is 55.2 Å². The minimum absolute atomic E-state index is 0.0560. The molecule has 1 saturated heterocycles. The largest absolute Gasteiger partial charge is 0.348 e. The number of fused-ring (bicyclic) bond motifs is 2. The quantitative estimate of drug-likeness (QED) is 0.763. The Labute approximate surface area is 168 Å². The van der Waals surface area contributed by atoms with Crippen molar-refractivity contribution in [1.29, 1.82) is 0 Å².